The fourth-order valence-corrected chi connectivity index (χ4v) is 4.17. The number of fused-ring (bicyclic) bond motifs is 3. The van der Waals surface area contributed by atoms with Crippen LogP contribution in [0.25, 0.3) is 21.0 Å². The minimum atomic E-state index is -0.511. The van der Waals surface area contributed by atoms with Crippen molar-refractivity contribution in [3.05, 3.63) is 81.1 Å². The van der Waals surface area contributed by atoms with E-state index < -0.39 is 10.8 Å². The molecule has 0 aliphatic carbocycles. The largest absolute Gasteiger partial charge is 0.305 e. The summed E-state index contributed by atoms with van der Waals surface area (Å²) in [6, 6.07) is 17.4. The van der Waals surface area contributed by atoms with Crippen LogP contribution >= 0.6 is 11.3 Å². The van der Waals surface area contributed by atoms with Gasteiger partial charge in [-0.15, -0.1) is 6.42 Å². The van der Waals surface area contributed by atoms with Crippen LogP contribution in [0.5, 0.6) is 0 Å². The van der Waals surface area contributed by atoms with Gasteiger partial charge >= 0.3 is 0 Å². The second-order valence-corrected chi connectivity index (χ2v) is 7.01. The number of carbonyl (C=O) groups excluding carboxylic acids is 1. The number of thiazole rings is 1. The number of hydrogen-bond donors (Lipinski definition) is 0. The quantitative estimate of drug-likeness (QED) is 0.301. The van der Waals surface area contributed by atoms with Crippen molar-refractivity contribution in [1.82, 2.24) is 4.57 Å². The van der Waals surface area contributed by atoms with Crippen LogP contribution in [0.4, 0.5) is 5.69 Å². The van der Waals surface area contributed by atoms with Gasteiger partial charge in [-0.2, -0.15) is 4.99 Å². The standard InChI is InChI=1S/C21H13N3O3S/c1-2-13-23-18-12-9-14-5-3-4-6-17(14)19(18)28-21(23)22-20(25)15-7-10-16(11-8-15)24(26)27/h1,3-12H,13H2. The zero-order valence-corrected chi connectivity index (χ0v) is 15.3. The van der Waals surface area contributed by atoms with Gasteiger partial charge in [0.05, 0.1) is 21.7 Å². The number of nitrogens with zero attached hydrogens (tertiary/aromatic N) is 3. The Balaban J connectivity index is 1.88. The molecule has 6 nitrogen and oxygen atoms in total. The van der Waals surface area contributed by atoms with Gasteiger partial charge in [0, 0.05) is 23.1 Å². The molecule has 0 aliphatic heterocycles. The molecule has 136 valence electrons. The number of aromatic nitrogens is 1. The van der Waals surface area contributed by atoms with Crippen LogP contribution in [-0.4, -0.2) is 15.4 Å². The zero-order valence-electron chi connectivity index (χ0n) is 14.5. The third-order valence-corrected chi connectivity index (χ3v) is 5.47. The molecule has 1 amide bonds. The zero-order chi connectivity index (χ0) is 19.7. The Kier molecular flexibility index (Phi) is 4.47. The van der Waals surface area contributed by atoms with E-state index in [-0.39, 0.29) is 17.8 Å². The highest BCUT2D eigenvalue weighted by molar-refractivity contribution is 7.17. The second-order valence-electron chi connectivity index (χ2n) is 6.03. The van der Waals surface area contributed by atoms with E-state index in [0.29, 0.717) is 4.80 Å². The van der Waals surface area contributed by atoms with E-state index in [9.17, 15) is 14.9 Å². The van der Waals surface area contributed by atoms with Crippen molar-refractivity contribution in [3.8, 4) is 12.3 Å². The summed E-state index contributed by atoms with van der Waals surface area (Å²) in [5, 5.41) is 12.9. The van der Waals surface area contributed by atoms with Gasteiger partial charge in [0.25, 0.3) is 11.6 Å². The van der Waals surface area contributed by atoms with E-state index in [1.165, 1.54) is 35.6 Å². The minimum Gasteiger partial charge on any atom is -0.305 e. The predicted octanol–water partition coefficient (Wildman–Crippen LogP) is 4.14. The van der Waals surface area contributed by atoms with E-state index in [4.69, 9.17) is 6.42 Å². The SMILES string of the molecule is C#CCn1c(=NC(=O)c2ccc([N+](=O)[O-])cc2)sc2c3ccccc3ccc21. The molecule has 1 aromatic heterocycles. The molecule has 0 saturated carbocycles. The van der Waals surface area contributed by atoms with Crippen LogP contribution < -0.4 is 4.80 Å². The molecule has 0 unspecified atom stereocenters. The lowest BCUT2D eigenvalue weighted by molar-refractivity contribution is -0.384. The van der Waals surface area contributed by atoms with E-state index in [0.717, 1.165) is 21.0 Å². The van der Waals surface area contributed by atoms with Crippen LogP contribution in [0.2, 0.25) is 0 Å². The highest BCUT2D eigenvalue weighted by Gasteiger charge is 2.12. The summed E-state index contributed by atoms with van der Waals surface area (Å²) in [6.45, 7) is 0.282. The van der Waals surface area contributed by atoms with Crippen molar-refractivity contribution in [3.63, 3.8) is 0 Å². The lowest BCUT2D eigenvalue weighted by Crippen LogP contribution is -2.16. The fourth-order valence-electron chi connectivity index (χ4n) is 3.01. The third kappa shape index (κ3) is 3.06. The van der Waals surface area contributed by atoms with Gasteiger partial charge < -0.3 is 4.57 Å². The van der Waals surface area contributed by atoms with Gasteiger partial charge in [-0.05, 0) is 23.6 Å². The average molecular weight is 387 g/mol. The van der Waals surface area contributed by atoms with Gasteiger partial charge in [-0.25, -0.2) is 0 Å². The van der Waals surface area contributed by atoms with Crippen molar-refractivity contribution < 1.29 is 9.72 Å². The maximum absolute atomic E-state index is 12.6. The molecule has 7 heteroatoms. The smallest absolute Gasteiger partial charge is 0.279 e. The minimum absolute atomic E-state index is 0.0766. The fraction of sp³-hybridized carbons (Fsp3) is 0.0476. The highest BCUT2D eigenvalue weighted by atomic mass is 32.1. The molecule has 0 spiro atoms. The van der Waals surface area contributed by atoms with Crippen LogP contribution in [-0.2, 0) is 6.54 Å². The molecule has 0 radical (unpaired) electrons. The number of rotatable bonds is 3. The first-order valence-electron chi connectivity index (χ1n) is 8.36. The van der Waals surface area contributed by atoms with Crippen LogP contribution in [0, 0.1) is 22.5 Å². The summed E-state index contributed by atoms with van der Waals surface area (Å²) in [7, 11) is 0. The van der Waals surface area contributed by atoms with Gasteiger partial charge in [0.1, 0.15) is 0 Å². The lowest BCUT2D eigenvalue weighted by atomic mass is 10.1. The summed E-state index contributed by atoms with van der Waals surface area (Å²) in [5.41, 5.74) is 1.12. The lowest BCUT2D eigenvalue weighted by Gasteiger charge is -2.02. The van der Waals surface area contributed by atoms with Crippen molar-refractivity contribution in [2.24, 2.45) is 4.99 Å². The Morgan fingerprint density at radius 3 is 2.61 bits per heavy atom. The van der Waals surface area contributed by atoms with E-state index in [1.54, 1.807) is 0 Å². The number of non-ortho nitro benzene ring substituents is 1. The molecule has 28 heavy (non-hydrogen) atoms. The summed E-state index contributed by atoms with van der Waals surface area (Å²) < 4.78 is 2.83. The molecule has 0 N–H and O–H groups in total. The molecule has 4 aromatic rings. The molecule has 0 saturated heterocycles. The predicted molar refractivity (Wildman–Crippen MR) is 109 cm³/mol. The van der Waals surface area contributed by atoms with Crippen LogP contribution in [0.15, 0.2) is 65.7 Å². The van der Waals surface area contributed by atoms with Crippen molar-refractivity contribution >= 4 is 43.9 Å². The molecule has 0 atom stereocenters. The molecule has 4 rings (SSSR count). The molecular weight excluding hydrogens is 374 g/mol. The molecule has 1 heterocycles. The second kappa shape index (κ2) is 7.10. The summed E-state index contributed by atoms with van der Waals surface area (Å²) in [6.07, 6.45) is 5.52. The van der Waals surface area contributed by atoms with Crippen LogP contribution in [0.1, 0.15) is 10.4 Å². The number of benzene rings is 3. The molecule has 0 aliphatic rings. The van der Waals surface area contributed by atoms with Crippen molar-refractivity contribution in [1.29, 1.82) is 0 Å². The van der Waals surface area contributed by atoms with Gasteiger partial charge in [0.2, 0.25) is 0 Å². The number of amides is 1. The Morgan fingerprint density at radius 1 is 1.14 bits per heavy atom. The molecular formula is C21H13N3O3S. The van der Waals surface area contributed by atoms with Crippen molar-refractivity contribution in [2.45, 2.75) is 6.54 Å². The normalized spacial score (nSPS) is 11.6. The van der Waals surface area contributed by atoms with E-state index in [1.807, 2.05) is 41.0 Å². The number of nitro groups is 1. The maximum Gasteiger partial charge on any atom is 0.279 e. The molecule has 3 aromatic carbocycles. The van der Waals surface area contributed by atoms with Crippen molar-refractivity contribution in [2.75, 3.05) is 0 Å². The first kappa shape index (κ1) is 17.6. The molecule has 0 bridgehead atoms. The summed E-state index contributed by atoms with van der Waals surface area (Å²) >= 11 is 1.40. The average Bonchev–Trinajstić information content (AvgIpc) is 3.06. The van der Waals surface area contributed by atoms with Gasteiger partial charge in [-0.3, -0.25) is 14.9 Å². The Hall–Kier alpha value is -3.76. The van der Waals surface area contributed by atoms with Crippen LogP contribution in [0.3, 0.4) is 0 Å². The Morgan fingerprint density at radius 2 is 1.89 bits per heavy atom. The van der Waals surface area contributed by atoms with E-state index in [2.05, 4.69) is 10.9 Å². The number of terminal acetylenes is 1. The highest BCUT2D eigenvalue weighted by Crippen LogP contribution is 2.27. The van der Waals surface area contributed by atoms with E-state index >= 15 is 0 Å². The summed E-state index contributed by atoms with van der Waals surface area (Å²) in [4.78, 5) is 27.6. The molecule has 0 fully saturated rings. The van der Waals surface area contributed by atoms with Gasteiger partial charge in [0.15, 0.2) is 4.80 Å². The first-order chi connectivity index (χ1) is 13.6. The number of nitro benzene ring substituents is 1. The first-order valence-corrected chi connectivity index (χ1v) is 9.18. The third-order valence-electron chi connectivity index (χ3n) is 4.35. The topological polar surface area (TPSA) is 77.5 Å². The number of hydrogen-bond acceptors (Lipinski definition) is 4. The Labute approximate surface area is 163 Å². The van der Waals surface area contributed by atoms with Gasteiger partial charge in [-0.1, -0.05) is 47.6 Å². The Bertz CT molecular complexity index is 1340. The number of carbonyl (C=O) groups is 1. The monoisotopic (exact) mass is 387 g/mol. The maximum atomic E-state index is 12.6. The summed E-state index contributed by atoms with van der Waals surface area (Å²) in [5.74, 6) is 2.13.